The third-order valence-corrected chi connectivity index (χ3v) is 3.24. The van der Waals surface area contributed by atoms with E-state index in [1.54, 1.807) is 0 Å². The van der Waals surface area contributed by atoms with Crippen molar-refractivity contribution in [3.63, 3.8) is 0 Å². The summed E-state index contributed by atoms with van der Waals surface area (Å²) in [6, 6.07) is -1.27. The molecule has 0 bridgehead atoms. The van der Waals surface area contributed by atoms with Crippen LogP contribution in [-0.4, -0.2) is 74.2 Å². The standard InChI is InChI=1S/C11H19NO8/c1-11(9(17)8(16)6(13)4-20-11)12-5(10(18)19)2-3-7(14)15/h5-6,8-9,12-13,16-17H,2-4H2,1H3,(H,14,15)(H,18,19)/t5-,6+,8+,9-,11-/m0/s1. The van der Waals surface area contributed by atoms with Crippen LogP contribution in [0, 0.1) is 0 Å². The lowest BCUT2D eigenvalue weighted by Crippen LogP contribution is -2.68. The number of nitrogens with one attached hydrogen (secondary N) is 1. The van der Waals surface area contributed by atoms with E-state index >= 15 is 0 Å². The number of hydrogen-bond acceptors (Lipinski definition) is 7. The molecule has 0 spiro atoms. The van der Waals surface area contributed by atoms with Crippen LogP contribution in [0.25, 0.3) is 0 Å². The van der Waals surface area contributed by atoms with Crippen molar-refractivity contribution < 1.29 is 39.9 Å². The highest BCUT2D eigenvalue weighted by atomic mass is 16.5. The fraction of sp³-hybridized carbons (Fsp3) is 0.818. The molecule has 1 rings (SSSR count). The van der Waals surface area contributed by atoms with Crippen LogP contribution in [0.4, 0.5) is 0 Å². The number of ether oxygens (including phenoxy) is 1. The molecule has 1 heterocycles. The highest BCUT2D eigenvalue weighted by Crippen LogP contribution is 2.24. The molecule has 1 aliphatic heterocycles. The van der Waals surface area contributed by atoms with Gasteiger partial charge in [-0.3, -0.25) is 14.9 Å². The van der Waals surface area contributed by atoms with Crippen LogP contribution in [0.2, 0.25) is 0 Å². The van der Waals surface area contributed by atoms with E-state index in [0.717, 1.165) is 0 Å². The summed E-state index contributed by atoms with van der Waals surface area (Å²) in [6.45, 7) is 1.04. The summed E-state index contributed by atoms with van der Waals surface area (Å²) in [4.78, 5) is 21.6. The number of hydrogen-bond donors (Lipinski definition) is 6. The molecule has 116 valence electrons. The number of aliphatic hydroxyl groups excluding tert-OH is 3. The minimum Gasteiger partial charge on any atom is -0.481 e. The average molecular weight is 293 g/mol. The van der Waals surface area contributed by atoms with Gasteiger partial charge in [-0.1, -0.05) is 0 Å². The molecule has 6 N–H and O–H groups in total. The molecule has 9 heteroatoms. The number of aliphatic carboxylic acids is 2. The van der Waals surface area contributed by atoms with Gasteiger partial charge < -0.3 is 30.3 Å². The number of rotatable bonds is 6. The van der Waals surface area contributed by atoms with Crippen LogP contribution >= 0.6 is 0 Å². The van der Waals surface area contributed by atoms with Gasteiger partial charge in [-0.25, -0.2) is 0 Å². The zero-order valence-electron chi connectivity index (χ0n) is 10.9. The van der Waals surface area contributed by atoms with Crippen molar-refractivity contribution in [2.45, 2.75) is 49.8 Å². The Morgan fingerprint density at radius 3 is 2.45 bits per heavy atom. The smallest absolute Gasteiger partial charge is 0.320 e. The Kier molecular flexibility index (Phi) is 5.42. The molecule has 9 nitrogen and oxygen atoms in total. The summed E-state index contributed by atoms with van der Waals surface area (Å²) >= 11 is 0. The van der Waals surface area contributed by atoms with Crippen molar-refractivity contribution in [1.82, 2.24) is 5.32 Å². The van der Waals surface area contributed by atoms with Crippen molar-refractivity contribution in [3.8, 4) is 0 Å². The summed E-state index contributed by atoms with van der Waals surface area (Å²) in [5.74, 6) is -2.45. The molecule has 5 atom stereocenters. The number of carboxylic acids is 2. The molecule has 0 aromatic heterocycles. The van der Waals surface area contributed by atoms with Gasteiger partial charge in [0.15, 0.2) is 0 Å². The monoisotopic (exact) mass is 293 g/mol. The topological polar surface area (TPSA) is 157 Å². The second-order valence-corrected chi connectivity index (χ2v) is 4.89. The van der Waals surface area contributed by atoms with Crippen LogP contribution in [0.1, 0.15) is 19.8 Å². The Labute approximate surface area is 114 Å². The Morgan fingerprint density at radius 2 is 1.95 bits per heavy atom. The lowest BCUT2D eigenvalue weighted by molar-refractivity contribution is -0.243. The number of aliphatic hydroxyl groups is 3. The van der Waals surface area contributed by atoms with Gasteiger partial charge in [0.2, 0.25) is 0 Å². The lowest BCUT2D eigenvalue weighted by atomic mass is 9.94. The van der Waals surface area contributed by atoms with E-state index < -0.39 is 42.0 Å². The second kappa shape index (κ2) is 6.46. The van der Waals surface area contributed by atoms with Gasteiger partial charge in [0.05, 0.1) is 6.61 Å². The van der Waals surface area contributed by atoms with Gasteiger partial charge >= 0.3 is 11.9 Å². The van der Waals surface area contributed by atoms with Crippen LogP contribution in [0.3, 0.4) is 0 Å². The molecule has 0 aromatic rings. The molecule has 0 aromatic carbocycles. The van der Waals surface area contributed by atoms with Crippen molar-refractivity contribution >= 4 is 11.9 Å². The van der Waals surface area contributed by atoms with E-state index in [4.69, 9.17) is 14.9 Å². The zero-order chi connectivity index (χ0) is 15.5. The minimum absolute atomic E-state index is 0.213. The lowest BCUT2D eigenvalue weighted by Gasteiger charge is -2.44. The summed E-state index contributed by atoms with van der Waals surface area (Å²) in [5.41, 5.74) is -1.60. The molecule has 0 saturated carbocycles. The normalized spacial score (nSPS) is 35.5. The van der Waals surface area contributed by atoms with E-state index in [-0.39, 0.29) is 19.4 Å². The maximum Gasteiger partial charge on any atom is 0.320 e. The Morgan fingerprint density at radius 1 is 1.35 bits per heavy atom. The first-order chi connectivity index (χ1) is 9.17. The Hall–Kier alpha value is -1.26. The molecule has 1 aliphatic rings. The van der Waals surface area contributed by atoms with E-state index in [9.17, 15) is 24.9 Å². The third kappa shape index (κ3) is 3.87. The average Bonchev–Trinajstić information content (AvgIpc) is 2.37. The molecular weight excluding hydrogens is 274 g/mol. The van der Waals surface area contributed by atoms with Gasteiger partial charge in [0.1, 0.15) is 30.1 Å². The first-order valence-electron chi connectivity index (χ1n) is 6.08. The molecule has 0 unspecified atom stereocenters. The highest BCUT2D eigenvalue weighted by molar-refractivity contribution is 5.75. The zero-order valence-corrected chi connectivity index (χ0v) is 10.9. The third-order valence-electron chi connectivity index (χ3n) is 3.24. The number of carboxylic acid groups (broad SMARTS) is 2. The summed E-state index contributed by atoms with van der Waals surface area (Å²) < 4.78 is 5.17. The molecule has 0 radical (unpaired) electrons. The molecule has 20 heavy (non-hydrogen) atoms. The fourth-order valence-electron chi connectivity index (χ4n) is 1.98. The first kappa shape index (κ1) is 16.8. The van der Waals surface area contributed by atoms with Gasteiger partial charge in [-0.05, 0) is 13.3 Å². The number of carbonyl (C=O) groups is 2. The second-order valence-electron chi connectivity index (χ2n) is 4.89. The van der Waals surface area contributed by atoms with E-state index in [1.165, 1.54) is 6.92 Å². The molecule has 1 saturated heterocycles. The summed E-state index contributed by atoms with van der Waals surface area (Å²) in [7, 11) is 0. The quantitative estimate of drug-likeness (QED) is 0.317. The van der Waals surface area contributed by atoms with Gasteiger partial charge in [-0.15, -0.1) is 0 Å². The van der Waals surface area contributed by atoms with Crippen molar-refractivity contribution in [2.24, 2.45) is 0 Å². The first-order valence-corrected chi connectivity index (χ1v) is 6.08. The van der Waals surface area contributed by atoms with Crippen molar-refractivity contribution in [2.75, 3.05) is 6.61 Å². The molecule has 0 amide bonds. The predicted octanol–water partition coefficient (Wildman–Crippen LogP) is -2.28. The van der Waals surface area contributed by atoms with Gasteiger partial charge in [0, 0.05) is 6.42 Å². The van der Waals surface area contributed by atoms with E-state index in [2.05, 4.69) is 5.32 Å². The largest absolute Gasteiger partial charge is 0.481 e. The molecular formula is C11H19NO8. The summed E-state index contributed by atoms with van der Waals surface area (Å²) in [5, 5.41) is 48.9. The van der Waals surface area contributed by atoms with E-state index in [0.29, 0.717) is 0 Å². The maximum atomic E-state index is 11.1. The van der Waals surface area contributed by atoms with Crippen LogP contribution < -0.4 is 5.32 Å². The minimum atomic E-state index is -1.60. The van der Waals surface area contributed by atoms with Crippen LogP contribution in [0.5, 0.6) is 0 Å². The van der Waals surface area contributed by atoms with Crippen molar-refractivity contribution in [3.05, 3.63) is 0 Å². The Bertz CT molecular complexity index is 375. The van der Waals surface area contributed by atoms with Crippen LogP contribution in [0.15, 0.2) is 0 Å². The van der Waals surface area contributed by atoms with Gasteiger partial charge in [0.25, 0.3) is 0 Å². The SMILES string of the molecule is C[C@]1(N[C@@H](CCC(=O)O)C(=O)O)OC[C@@H](O)[C@@H](O)[C@@H]1O. The highest BCUT2D eigenvalue weighted by Gasteiger charge is 2.47. The van der Waals surface area contributed by atoms with Crippen molar-refractivity contribution in [1.29, 1.82) is 0 Å². The van der Waals surface area contributed by atoms with E-state index in [1.807, 2.05) is 0 Å². The predicted molar refractivity (Wildman–Crippen MR) is 63.8 cm³/mol. The van der Waals surface area contributed by atoms with Gasteiger partial charge in [-0.2, -0.15) is 0 Å². The fourth-order valence-corrected chi connectivity index (χ4v) is 1.98. The molecule has 1 fully saturated rings. The van der Waals surface area contributed by atoms with Crippen LogP contribution in [-0.2, 0) is 14.3 Å². The Balaban J connectivity index is 2.75. The summed E-state index contributed by atoms with van der Waals surface area (Å²) in [6.07, 6.45) is -4.91. The molecule has 0 aliphatic carbocycles. The maximum absolute atomic E-state index is 11.1.